The van der Waals surface area contributed by atoms with Crippen LogP contribution in [0, 0.1) is 0 Å². The summed E-state index contributed by atoms with van der Waals surface area (Å²) in [5.74, 6) is 1.60. The quantitative estimate of drug-likeness (QED) is 0.357. The maximum atomic E-state index is 4.70. The third kappa shape index (κ3) is 4.43. The summed E-state index contributed by atoms with van der Waals surface area (Å²) in [6, 6.07) is 22.9. The summed E-state index contributed by atoms with van der Waals surface area (Å²) >= 11 is 0. The number of aromatic amines is 1. The van der Waals surface area contributed by atoms with Gasteiger partial charge in [0.15, 0.2) is 11.6 Å². The van der Waals surface area contributed by atoms with Gasteiger partial charge < -0.3 is 4.90 Å². The Labute approximate surface area is 192 Å². The van der Waals surface area contributed by atoms with E-state index in [0.717, 1.165) is 59.3 Å². The SMILES string of the molecule is CCCCN(Cc1ccc(-c2ccccc2-c2nnn[nH]2)cc1)c1nccc2cccnc12. The van der Waals surface area contributed by atoms with Crippen LogP contribution >= 0.6 is 0 Å². The zero-order valence-electron chi connectivity index (χ0n) is 18.5. The van der Waals surface area contributed by atoms with Crippen LogP contribution in [0.4, 0.5) is 5.82 Å². The van der Waals surface area contributed by atoms with E-state index >= 15 is 0 Å². The predicted molar refractivity (Wildman–Crippen MR) is 131 cm³/mol. The van der Waals surface area contributed by atoms with Crippen molar-refractivity contribution in [3.63, 3.8) is 0 Å². The lowest BCUT2D eigenvalue weighted by Gasteiger charge is -2.24. The molecule has 7 heteroatoms. The van der Waals surface area contributed by atoms with Crippen molar-refractivity contribution in [3.05, 3.63) is 84.7 Å². The van der Waals surface area contributed by atoms with Gasteiger partial charge in [-0.05, 0) is 45.7 Å². The van der Waals surface area contributed by atoms with Crippen molar-refractivity contribution in [3.8, 4) is 22.5 Å². The smallest absolute Gasteiger partial charge is 0.180 e. The third-order valence-electron chi connectivity index (χ3n) is 5.75. The molecule has 3 heterocycles. The van der Waals surface area contributed by atoms with Crippen LogP contribution in [0.1, 0.15) is 25.3 Å². The average Bonchev–Trinajstić information content (AvgIpc) is 3.42. The Morgan fingerprint density at radius 1 is 0.848 bits per heavy atom. The second-order valence-electron chi connectivity index (χ2n) is 7.98. The number of aromatic nitrogens is 6. The molecule has 164 valence electrons. The van der Waals surface area contributed by atoms with Crippen LogP contribution in [0.2, 0.25) is 0 Å². The molecule has 0 saturated heterocycles. The normalized spacial score (nSPS) is 11.1. The van der Waals surface area contributed by atoms with Crippen LogP contribution < -0.4 is 4.90 Å². The van der Waals surface area contributed by atoms with E-state index in [1.807, 2.05) is 42.7 Å². The van der Waals surface area contributed by atoms with Gasteiger partial charge in [-0.2, -0.15) is 0 Å². The second kappa shape index (κ2) is 9.56. The number of H-pyrrole nitrogens is 1. The molecule has 5 rings (SSSR count). The molecule has 1 N–H and O–H groups in total. The van der Waals surface area contributed by atoms with Gasteiger partial charge in [0.2, 0.25) is 0 Å². The monoisotopic (exact) mass is 435 g/mol. The Morgan fingerprint density at radius 3 is 2.48 bits per heavy atom. The summed E-state index contributed by atoms with van der Waals surface area (Å²) in [7, 11) is 0. The van der Waals surface area contributed by atoms with Gasteiger partial charge in [0.1, 0.15) is 5.52 Å². The summed E-state index contributed by atoms with van der Waals surface area (Å²) in [6.45, 7) is 3.92. The van der Waals surface area contributed by atoms with Crippen LogP contribution in [0.25, 0.3) is 33.4 Å². The topological polar surface area (TPSA) is 83.5 Å². The lowest BCUT2D eigenvalue weighted by molar-refractivity contribution is 0.709. The fraction of sp³-hybridized carbons (Fsp3) is 0.192. The molecule has 0 atom stereocenters. The molecule has 0 amide bonds. The van der Waals surface area contributed by atoms with E-state index in [2.05, 4.69) is 73.8 Å². The molecule has 0 aliphatic carbocycles. The van der Waals surface area contributed by atoms with E-state index in [-0.39, 0.29) is 0 Å². The molecule has 0 spiro atoms. The summed E-state index contributed by atoms with van der Waals surface area (Å²) in [6.07, 6.45) is 5.93. The Morgan fingerprint density at radius 2 is 1.70 bits per heavy atom. The highest BCUT2D eigenvalue weighted by Crippen LogP contribution is 2.30. The zero-order chi connectivity index (χ0) is 22.5. The Balaban J connectivity index is 1.44. The number of unbranched alkanes of at least 4 members (excludes halogenated alkanes) is 1. The number of hydrogen-bond donors (Lipinski definition) is 1. The Kier molecular flexibility index (Phi) is 6.01. The van der Waals surface area contributed by atoms with Gasteiger partial charge in [0.05, 0.1) is 0 Å². The summed E-state index contributed by atoms with van der Waals surface area (Å²) in [4.78, 5) is 11.7. The van der Waals surface area contributed by atoms with Gasteiger partial charge in [-0.15, -0.1) is 5.10 Å². The molecule has 5 aromatic rings. The highest BCUT2D eigenvalue weighted by Gasteiger charge is 2.14. The number of pyridine rings is 2. The molecule has 0 unspecified atom stereocenters. The van der Waals surface area contributed by atoms with Crippen LogP contribution in [0.3, 0.4) is 0 Å². The van der Waals surface area contributed by atoms with Crippen LogP contribution in [-0.4, -0.2) is 37.1 Å². The molecule has 0 bridgehead atoms. The highest BCUT2D eigenvalue weighted by molar-refractivity contribution is 5.88. The minimum atomic E-state index is 0.662. The van der Waals surface area contributed by atoms with Gasteiger partial charge >= 0.3 is 0 Å². The first-order valence-corrected chi connectivity index (χ1v) is 11.2. The summed E-state index contributed by atoms with van der Waals surface area (Å²) < 4.78 is 0. The van der Waals surface area contributed by atoms with E-state index in [1.54, 1.807) is 0 Å². The van der Waals surface area contributed by atoms with E-state index in [9.17, 15) is 0 Å². The molecular weight excluding hydrogens is 410 g/mol. The van der Waals surface area contributed by atoms with Crippen LogP contribution in [0.15, 0.2) is 79.1 Å². The number of fused-ring (bicyclic) bond motifs is 1. The van der Waals surface area contributed by atoms with E-state index in [0.29, 0.717) is 5.82 Å². The van der Waals surface area contributed by atoms with Crippen molar-refractivity contribution in [2.45, 2.75) is 26.3 Å². The number of anilines is 1. The first-order chi connectivity index (χ1) is 16.3. The first kappa shape index (κ1) is 20.8. The summed E-state index contributed by atoms with van der Waals surface area (Å²) in [5, 5.41) is 15.5. The molecule has 33 heavy (non-hydrogen) atoms. The van der Waals surface area contributed by atoms with Crippen molar-refractivity contribution >= 4 is 16.7 Å². The Bertz CT molecular complexity index is 1330. The number of nitrogens with one attached hydrogen (secondary N) is 1. The molecule has 0 radical (unpaired) electrons. The van der Waals surface area contributed by atoms with Crippen molar-refractivity contribution in [2.24, 2.45) is 0 Å². The van der Waals surface area contributed by atoms with Gasteiger partial charge in [0.25, 0.3) is 0 Å². The highest BCUT2D eigenvalue weighted by atomic mass is 15.5. The maximum Gasteiger partial charge on any atom is 0.180 e. The number of tetrazole rings is 1. The van der Waals surface area contributed by atoms with Crippen molar-refractivity contribution in [1.82, 2.24) is 30.6 Å². The lowest BCUT2D eigenvalue weighted by atomic mass is 9.98. The number of hydrogen-bond acceptors (Lipinski definition) is 6. The van der Waals surface area contributed by atoms with Crippen molar-refractivity contribution in [1.29, 1.82) is 0 Å². The van der Waals surface area contributed by atoms with Crippen LogP contribution in [-0.2, 0) is 6.54 Å². The van der Waals surface area contributed by atoms with Gasteiger partial charge in [0, 0.05) is 36.4 Å². The third-order valence-corrected chi connectivity index (χ3v) is 5.75. The molecule has 0 saturated carbocycles. The molecule has 2 aromatic carbocycles. The molecule has 0 aliphatic rings. The van der Waals surface area contributed by atoms with Gasteiger partial charge in [-0.3, -0.25) is 4.98 Å². The average molecular weight is 436 g/mol. The van der Waals surface area contributed by atoms with Crippen LogP contribution in [0.5, 0.6) is 0 Å². The lowest BCUT2D eigenvalue weighted by Crippen LogP contribution is -2.25. The standard InChI is InChI=1S/C26H25N7/c1-2-3-17-33(26-24-21(14-16-28-26)7-6-15-27-24)18-19-10-12-20(13-11-19)22-8-4-5-9-23(22)25-29-31-32-30-25/h4-16H,2-3,17-18H2,1H3,(H,29,30,31,32). The number of nitrogens with zero attached hydrogens (tertiary/aromatic N) is 6. The van der Waals surface area contributed by atoms with E-state index < -0.39 is 0 Å². The van der Waals surface area contributed by atoms with Gasteiger partial charge in [-0.25, -0.2) is 10.1 Å². The van der Waals surface area contributed by atoms with Crippen molar-refractivity contribution in [2.75, 3.05) is 11.4 Å². The molecular formula is C26H25N7. The largest absolute Gasteiger partial charge is 0.350 e. The minimum absolute atomic E-state index is 0.662. The zero-order valence-corrected chi connectivity index (χ0v) is 18.5. The van der Waals surface area contributed by atoms with Crippen molar-refractivity contribution < 1.29 is 0 Å². The number of benzene rings is 2. The van der Waals surface area contributed by atoms with E-state index in [4.69, 9.17) is 4.98 Å². The maximum absolute atomic E-state index is 4.70. The first-order valence-electron chi connectivity index (χ1n) is 11.2. The molecule has 0 fully saturated rings. The van der Waals surface area contributed by atoms with Gasteiger partial charge in [-0.1, -0.05) is 67.9 Å². The molecule has 7 nitrogen and oxygen atoms in total. The summed E-state index contributed by atoms with van der Waals surface area (Å²) in [5.41, 5.74) is 5.36. The number of rotatable bonds is 8. The molecule has 3 aromatic heterocycles. The molecule has 0 aliphatic heterocycles. The fourth-order valence-electron chi connectivity index (χ4n) is 4.05. The Hall–Kier alpha value is -4.13. The van der Waals surface area contributed by atoms with E-state index in [1.165, 1.54) is 5.56 Å². The minimum Gasteiger partial charge on any atom is -0.350 e. The second-order valence-corrected chi connectivity index (χ2v) is 7.98. The fourth-order valence-corrected chi connectivity index (χ4v) is 4.05. The predicted octanol–water partition coefficient (Wildman–Crippen LogP) is 5.28.